The van der Waals surface area contributed by atoms with E-state index >= 15 is 0 Å². The van der Waals surface area contributed by atoms with Crippen molar-refractivity contribution in [3.05, 3.63) is 82.0 Å². The summed E-state index contributed by atoms with van der Waals surface area (Å²) < 4.78 is 48.9. The first kappa shape index (κ1) is 21.2. The third kappa shape index (κ3) is 4.22. The van der Waals surface area contributed by atoms with Crippen LogP contribution < -0.4 is 10.4 Å². The van der Waals surface area contributed by atoms with Crippen LogP contribution in [0.1, 0.15) is 16.8 Å². The monoisotopic (exact) mass is 442 g/mol. The molecule has 32 heavy (non-hydrogen) atoms. The summed E-state index contributed by atoms with van der Waals surface area (Å²) in [6.45, 7) is 1.51. The Kier molecular flexibility index (Phi) is 5.47. The summed E-state index contributed by atoms with van der Waals surface area (Å²) in [6, 6.07) is 11.9. The third-order valence-corrected chi connectivity index (χ3v) is 4.66. The lowest BCUT2D eigenvalue weighted by atomic mass is 10.1. The second-order valence-electron chi connectivity index (χ2n) is 6.94. The highest BCUT2D eigenvalue weighted by Gasteiger charge is 2.35. The Labute approximate surface area is 179 Å². The molecule has 0 bridgehead atoms. The number of benzene rings is 2. The lowest BCUT2D eigenvalue weighted by Gasteiger charge is -2.16. The maximum Gasteiger partial charge on any atom is 0.419 e. The summed E-state index contributed by atoms with van der Waals surface area (Å²) in [5.41, 5.74) is 0.253. The zero-order valence-corrected chi connectivity index (χ0v) is 17.0. The van der Waals surface area contributed by atoms with E-state index in [1.54, 1.807) is 37.3 Å². The van der Waals surface area contributed by atoms with E-state index < -0.39 is 17.4 Å². The summed E-state index contributed by atoms with van der Waals surface area (Å²) in [7, 11) is 1.44. The first-order valence-corrected chi connectivity index (χ1v) is 9.45. The number of ether oxygens (including phenoxy) is 1. The number of halogens is 3. The van der Waals surface area contributed by atoms with Crippen LogP contribution in [0.25, 0.3) is 17.1 Å². The molecule has 0 spiro atoms. The summed E-state index contributed by atoms with van der Waals surface area (Å²) in [5.74, 6) is -0.162. The predicted molar refractivity (Wildman–Crippen MR) is 108 cm³/mol. The van der Waals surface area contributed by atoms with Crippen molar-refractivity contribution < 1.29 is 17.9 Å². The largest absolute Gasteiger partial charge is 0.488 e. The Morgan fingerprint density at radius 3 is 2.53 bits per heavy atom. The number of tetrazole rings is 1. The van der Waals surface area contributed by atoms with Gasteiger partial charge >= 0.3 is 11.9 Å². The fraction of sp³-hybridized carbons (Fsp3) is 0.190. The van der Waals surface area contributed by atoms with Gasteiger partial charge in [0, 0.05) is 30.1 Å². The highest BCUT2D eigenvalue weighted by molar-refractivity contribution is 5.59. The van der Waals surface area contributed by atoms with E-state index in [9.17, 15) is 18.0 Å². The van der Waals surface area contributed by atoms with E-state index in [2.05, 4.69) is 20.4 Å². The second kappa shape index (κ2) is 8.25. The standard InChI is InChI=1S/C21H17F3N6O2/c1-13-9-10-25-19(26-13)14-7-8-18(16(11-14)21(22,23)24)32-12-15-5-3-4-6-17(15)30-20(31)29(2)27-28-30/h3-11H,12H2,1-2H3. The Balaban J connectivity index is 1.67. The molecule has 0 N–H and O–H groups in total. The Hall–Kier alpha value is -4.02. The molecule has 8 nitrogen and oxygen atoms in total. The van der Waals surface area contributed by atoms with Crippen molar-refractivity contribution in [2.75, 3.05) is 0 Å². The van der Waals surface area contributed by atoms with Crippen molar-refractivity contribution in [3.63, 3.8) is 0 Å². The zero-order valence-electron chi connectivity index (χ0n) is 17.0. The molecule has 0 fully saturated rings. The molecule has 0 saturated carbocycles. The quantitative estimate of drug-likeness (QED) is 0.471. The van der Waals surface area contributed by atoms with E-state index in [0.29, 0.717) is 16.9 Å². The number of aromatic nitrogens is 6. The summed E-state index contributed by atoms with van der Waals surface area (Å²) >= 11 is 0. The number of para-hydroxylation sites is 1. The maximum atomic E-state index is 13.8. The number of hydrogen-bond donors (Lipinski definition) is 0. The van der Waals surface area contributed by atoms with Crippen LogP contribution in [-0.2, 0) is 19.8 Å². The highest BCUT2D eigenvalue weighted by Crippen LogP contribution is 2.38. The van der Waals surface area contributed by atoms with Gasteiger partial charge in [0.05, 0.1) is 11.3 Å². The van der Waals surface area contributed by atoms with Gasteiger partial charge < -0.3 is 4.74 Å². The van der Waals surface area contributed by atoms with Gasteiger partial charge in [0.25, 0.3) is 0 Å². The van der Waals surface area contributed by atoms with Gasteiger partial charge in [0.1, 0.15) is 12.4 Å². The molecule has 0 amide bonds. The van der Waals surface area contributed by atoms with Crippen molar-refractivity contribution in [1.82, 2.24) is 29.8 Å². The summed E-state index contributed by atoms with van der Waals surface area (Å²) in [5, 5.41) is 7.44. The van der Waals surface area contributed by atoms with Crippen LogP contribution in [0.15, 0.2) is 59.5 Å². The van der Waals surface area contributed by atoms with Crippen LogP contribution in [0.3, 0.4) is 0 Å². The van der Waals surface area contributed by atoms with Gasteiger partial charge in [-0.25, -0.2) is 14.8 Å². The fourth-order valence-electron chi connectivity index (χ4n) is 3.06. The van der Waals surface area contributed by atoms with Crippen molar-refractivity contribution in [2.45, 2.75) is 19.7 Å². The minimum Gasteiger partial charge on any atom is -0.488 e. The average Bonchev–Trinajstić information content (AvgIpc) is 3.10. The van der Waals surface area contributed by atoms with Gasteiger partial charge in [-0.1, -0.05) is 18.2 Å². The number of nitrogens with zero attached hydrogens (tertiary/aromatic N) is 6. The highest BCUT2D eigenvalue weighted by atomic mass is 19.4. The molecular weight excluding hydrogens is 425 g/mol. The topological polar surface area (TPSA) is 87.7 Å². The van der Waals surface area contributed by atoms with E-state index in [4.69, 9.17) is 4.74 Å². The van der Waals surface area contributed by atoms with E-state index in [1.165, 1.54) is 25.4 Å². The Morgan fingerprint density at radius 1 is 1.06 bits per heavy atom. The number of alkyl halides is 3. The average molecular weight is 442 g/mol. The molecule has 2 heterocycles. The van der Waals surface area contributed by atoms with Gasteiger partial charge in [-0.15, -0.1) is 0 Å². The molecule has 0 aliphatic rings. The van der Waals surface area contributed by atoms with Crippen LogP contribution >= 0.6 is 0 Å². The van der Waals surface area contributed by atoms with Crippen LogP contribution in [0.2, 0.25) is 0 Å². The van der Waals surface area contributed by atoms with Crippen molar-refractivity contribution in [3.8, 4) is 22.8 Å². The van der Waals surface area contributed by atoms with Crippen LogP contribution in [0.4, 0.5) is 13.2 Å². The molecule has 0 saturated heterocycles. The molecule has 0 aliphatic carbocycles. The number of aryl methyl sites for hydroxylation is 2. The van der Waals surface area contributed by atoms with Crippen LogP contribution in [0.5, 0.6) is 5.75 Å². The Morgan fingerprint density at radius 2 is 1.84 bits per heavy atom. The molecule has 164 valence electrons. The van der Waals surface area contributed by atoms with Gasteiger partial charge in [0.15, 0.2) is 5.82 Å². The first-order valence-electron chi connectivity index (χ1n) is 9.45. The fourth-order valence-corrected chi connectivity index (χ4v) is 3.06. The lowest BCUT2D eigenvalue weighted by Crippen LogP contribution is -2.23. The molecular formula is C21H17F3N6O2. The van der Waals surface area contributed by atoms with Gasteiger partial charge in [-0.2, -0.15) is 22.5 Å². The zero-order chi connectivity index (χ0) is 22.9. The molecule has 2 aromatic carbocycles. The SMILES string of the molecule is Cc1ccnc(-c2ccc(OCc3ccccc3-n3nnn(C)c3=O)c(C(F)(F)F)c2)n1. The lowest BCUT2D eigenvalue weighted by molar-refractivity contribution is -0.139. The van der Waals surface area contributed by atoms with Crippen LogP contribution in [0, 0.1) is 6.92 Å². The predicted octanol–water partition coefficient (Wildman–Crippen LogP) is 3.33. The third-order valence-electron chi connectivity index (χ3n) is 4.66. The van der Waals surface area contributed by atoms with Gasteiger partial charge in [-0.3, -0.25) is 0 Å². The normalized spacial score (nSPS) is 11.5. The number of rotatable bonds is 5. The minimum atomic E-state index is -4.66. The van der Waals surface area contributed by atoms with Crippen molar-refractivity contribution in [2.24, 2.45) is 7.05 Å². The second-order valence-corrected chi connectivity index (χ2v) is 6.94. The molecule has 0 aliphatic heterocycles. The molecule has 11 heteroatoms. The van der Waals surface area contributed by atoms with E-state index in [1.807, 2.05) is 0 Å². The number of hydrogen-bond acceptors (Lipinski definition) is 6. The van der Waals surface area contributed by atoms with Gasteiger partial charge in [0.2, 0.25) is 0 Å². The molecule has 0 radical (unpaired) electrons. The molecule has 0 atom stereocenters. The smallest absolute Gasteiger partial charge is 0.419 e. The molecule has 2 aromatic heterocycles. The maximum absolute atomic E-state index is 13.8. The first-order chi connectivity index (χ1) is 15.2. The Bertz CT molecular complexity index is 1330. The van der Waals surface area contributed by atoms with Crippen molar-refractivity contribution in [1.29, 1.82) is 0 Å². The summed E-state index contributed by atoms with van der Waals surface area (Å²) in [4.78, 5) is 20.4. The van der Waals surface area contributed by atoms with Crippen LogP contribution in [-0.4, -0.2) is 29.8 Å². The van der Waals surface area contributed by atoms with E-state index in [0.717, 1.165) is 15.4 Å². The van der Waals surface area contributed by atoms with Gasteiger partial charge in [-0.05, 0) is 47.7 Å². The molecule has 0 unspecified atom stereocenters. The van der Waals surface area contributed by atoms with Crippen molar-refractivity contribution >= 4 is 0 Å². The van der Waals surface area contributed by atoms with E-state index in [-0.39, 0.29) is 23.7 Å². The molecule has 4 rings (SSSR count). The minimum absolute atomic E-state index is 0.189. The molecule has 4 aromatic rings. The summed E-state index contributed by atoms with van der Waals surface area (Å²) in [6.07, 6.45) is -3.17.